The van der Waals surface area contributed by atoms with Crippen LogP contribution in [0.5, 0.6) is 11.5 Å². The van der Waals surface area contributed by atoms with Crippen LogP contribution >= 0.6 is 8.58 Å². The predicted molar refractivity (Wildman–Crippen MR) is 72.6 cm³/mol. The zero-order valence-corrected chi connectivity index (χ0v) is 10.0. The van der Waals surface area contributed by atoms with Crippen molar-refractivity contribution in [1.82, 2.24) is 0 Å². The van der Waals surface area contributed by atoms with Crippen molar-refractivity contribution in [3.05, 3.63) is 36.4 Å². The third-order valence-electron chi connectivity index (χ3n) is 2.35. The van der Waals surface area contributed by atoms with E-state index in [2.05, 4.69) is 0 Å². The van der Waals surface area contributed by atoms with Crippen molar-refractivity contribution in [2.45, 2.75) is 0 Å². The maximum atomic E-state index is 9.49. The van der Waals surface area contributed by atoms with Crippen LogP contribution in [0.1, 0.15) is 0 Å². The number of phenols is 2. The van der Waals surface area contributed by atoms with Crippen LogP contribution in [0.15, 0.2) is 36.4 Å². The van der Waals surface area contributed by atoms with E-state index in [1.807, 2.05) is 12.1 Å². The van der Waals surface area contributed by atoms with E-state index >= 15 is 0 Å². The molecule has 0 amide bonds. The molecule has 0 aliphatic heterocycles. The molecule has 0 bridgehead atoms. The molecule has 0 fully saturated rings. The van der Waals surface area contributed by atoms with E-state index in [4.69, 9.17) is 11.5 Å². The van der Waals surface area contributed by atoms with Gasteiger partial charge in [-0.3, -0.25) is 0 Å². The van der Waals surface area contributed by atoms with Gasteiger partial charge in [-0.1, -0.05) is 20.7 Å². The van der Waals surface area contributed by atoms with Gasteiger partial charge in [-0.25, -0.2) is 0 Å². The van der Waals surface area contributed by atoms with Gasteiger partial charge < -0.3 is 21.7 Å². The molecule has 6 N–H and O–H groups in total. The summed E-state index contributed by atoms with van der Waals surface area (Å²) in [6, 6.07) is 10.3. The van der Waals surface area contributed by atoms with Gasteiger partial charge in [0.05, 0.1) is 11.4 Å². The van der Waals surface area contributed by atoms with Crippen molar-refractivity contribution in [2.24, 2.45) is 0 Å². The van der Waals surface area contributed by atoms with Crippen LogP contribution in [-0.4, -0.2) is 10.2 Å². The van der Waals surface area contributed by atoms with Gasteiger partial charge in [0.2, 0.25) is 0 Å². The van der Waals surface area contributed by atoms with Crippen molar-refractivity contribution in [3.8, 4) is 11.5 Å². The molecule has 2 rings (SSSR count). The van der Waals surface area contributed by atoms with E-state index in [0.717, 1.165) is 10.6 Å². The molecule has 88 valence electrons. The summed E-state index contributed by atoms with van der Waals surface area (Å²) < 4.78 is 0. The van der Waals surface area contributed by atoms with Crippen LogP contribution in [0.3, 0.4) is 0 Å². The quantitative estimate of drug-likeness (QED) is 0.361. The van der Waals surface area contributed by atoms with Crippen molar-refractivity contribution in [2.75, 3.05) is 11.5 Å². The molecule has 0 saturated heterocycles. The molecular formula is C12H13N2O2P. The van der Waals surface area contributed by atoms with Crippen molar-refractivity contribution >= 4 is 30.6 Å². The lowest BCUT2D eigenvalue weighted by Crippen LogP contribution is -2.04. The molecule has 0 aliphatic rings. The van der Waals surface area contributed by atoms with Crippen molar-refractivity contribution in [3.63, 3.8) is 0 Å². The fourth-order valence-corrected chi connectivity index (χ4v) is 2.49. The van der Waals surface area contributed by atoms with Crippen LogP contribution in [0, 0.1) is 0 Å². The number of aromatic hydroxyl groups is 2. The third kappa shape index (κ3) is 2.60. The molecule has 0 aliphatic carbocycles. The molecule has 2 aromatic rings. The second kappa shape index (κ2) is 4.52. The number of phenolic OH excluding ortho intramolecular Hbond substituents is 2. The number of anilines is 2. The Morgan fingerprint density at radius 1 is 0.765 bits per heavy atom. The fourth-order valence-electron chi connectivity index (χ4n) is 1.41. The summed E-state index contributed by atoms with van der Waals surface area (Å²) in [5.41, 5.74) is 11.8. The first-order chi connectivity index (χ1) is 8.06. The van der Waals surface area contributed by atoms with Crippen LogP contribution in [-0.2, 0) is 0 Å². The standard InChI is InChI=1S/C12H13N2O2P/c13-9-3-1-7(5-11(9)15)17-8-2-4-10(14)12(16)6-8/h1-6,15-17H,13-14H2. The van der Waals surface area contributed by atoms with Gasteiger partial charge in [-0.15, -0.1) is 0 Å². The number of nitrogens with two attached hydrogens (primary N) is 2. The maximum absolute atomic E-state index is 9.49. The zero-order valence-electron chi connectivity index (χ0n) is 9.01. The Morgan fingerprint density at radius 2 is 1.18 bits per heavy atom. The second-order valence-electron chi connectivity index (χ2n) is 3.67. The lowest BCUT2D eigenvalue weighted by atomic mass is 10.3. The summed E-state index contributed by atoms with van der Waals surface area (Å²) in [7, 11) is 0.331. The maximum Gasteiger partial charge on any atom is 0.139 e. The Bertz CT molecular complexity index is 509. The summed E-state index contributed by atoms with van der Waals surface area (Å²) in [5.74, 6) is 0.157. The van der Waals surface area contributed by atoms with E-state index in [9.17, 15) is 10.2 Å². The first kappa shape index (κ1) is 11.6. The summed E-state index contributed by atoms with van der Waals surface area (Å²) in [5, 5.41) is 20.9. The van der Waals surface area contributed by atoms with Crippen LogP contribution in [0.25, 0.3) is 0 Å². The Balaban J connectivity index is 2.25. The minimum Gasteiger partial charge on any atom is -0.506 e. The van der Waals surface area contributed by atoms with Gasteiger partial charge in [-0.2, -0.15) is 0 Å². The van der Waals surface area contributed by atoms with Crippen LogP contribution in [0.4, 0.5) is 11.4 Å². The molecule has 4 nitrogen and oxygen atoms in total. The van der Waals surface area contributed by atoms with E-state index in [1.165, 1.54) is 0 Å². The molecular weight excluding hydrogens is 235 g/mol. The molecule has 0 heterocycles. The van der Waals surface area contributed by atoms with Gasteiger partial charge in [-0.05, 0) is 34.9 Å². The predicted octanol–water partition coefficient (Wildman–Crippen LogP) is 0.891. The lowest BCUT2D eigenvalue weighted by Gasteiger charge is -2.06. The van der Waals surface area contributed by atoms with Gasteiger partial charge in [0.25, 0.3) is 0 Å². The summed E-state index contributed by atoms with van der Waals surface area (Å²) >= 11 is 0. The summed E-state index contributed by atoms with van der Waals surface area (Å²) in [4.78, 5) is 0. The minimum absolute atomic E-state index is 0.0784. The molecule has 0 atom stereocenters. The fraction of sp³-hybridized carbons (Fsp3) is 0. The SMILES string of the molecule is Nc1ccc(Pc2ccc(N)c(O)c2)cc1O. The van der Waals surface area contributed by atoms with E-state index in [-0.39, 0.29) is 11.5 Å². The number of nitrogen functional groups attached to an aromatic ring is 2. The smallest absolute Gasteiger partial charge is 0.139 e. The normalized spacial score (nSPS) is 10.4. The first-order valence-electron chi connectivity index (χ1n) is 5.00. The lowest BCUT2D eigenvalue weighted by molar-refractivity contribution is 0.478. The summed E-state index contributed by atoms with van der Waals surface area (Å²) in [6.07, 6.45) is 0. The van der Waals surface area contributed by atoms with E-state index in [0.29, 0.717) is 20.0 Å². The van der Waals surface area contributed by atoms with Gasteiger partial charge >= 0.3 is 0 Å². The highest BCUT2D eigenvalue weighted by molar-refractivity contribution is 7.55. The Morgan fingerprint density at radius 3 is 1.53 bits per heavy atom. The minimum atomic E-state index is 0.0784. The molecule has 2 aromatic carbocycles. The number of rotatable bonds is 2. The molecule has 5 heteroatoms. The average Bonchev–Trinajstić information content (AvgIpc) is 2.29. The van der Waals surface area contributed by atoms with Gasteiger partial charge in [0, 0.05) is 0 Å². The molecule has 0 saturated carbocycles. The number of hydrogen-bond acceptors (Lipinski definition) is 4. The van der Waals surface area contributed by atoms with E-state index < -0.39 is 0 Å². The summed E-state index contributed by atoms with van der Waals surface area (Å²) in [6.45, 7) is 0. The molecule has 0 spiro atoms. The Kier molecular flexibility index (Phi) is 3.07. The van der Waals surface area contributed by atoms with E-state index in [1.54, 1.807) is 24.3 Å². The molecule has 17 heavy (non-hydrogen) atoms. The highest BCUT2D eigenvalue weighted by atomic mass is 31.1. The highest BCUT2D eigenvalue weighted by Crippen LogP contribution is 2.23. The van der Waals surface area contributed by atoms with Crippen molar-refractivity contribution in [1.29, 1.82) is 0 Å². The number of hydrogen-bond donors (Lipinski definition) is 4. The van der Waals surface area contributed by atoms with Crippen LogP contribution in [0.2, 0.25) is 0 Å². The van der Waals surface area contributed by atoms with Crippen molar-refractivity contribution < 1.29 is 10.2 Å². The third-order valence-corrected chi connectivity index (χ3v) is 3.55. The monoisotopic (exact) mass is 248 g/mol. The zero-order chi connectivity index (χ0) is 12.4. The van der Waals surface area contributed by atoms with Gasteiger partial charge in [0.15, 0.2) is 0 Å². The topological polar surface area (TPSA) is 92.5 Å². The molecule has 0 unspecified atom stereocenters. The number of benzene rings is 2. The second-order valence-corrected chi connectivity index (χ2v) is 5.08. The largest absolute Gasteiger partial charge is 0.506 e. The highest BCUT2D eigenvalue weighted by Gasteiger charge is 2.03. The Hall–Kier alpha value is -1.93. The van der Waals surface area contributed by atoms with Crippen LogP contribution < -0.4 is 22.1 Å². The van der Waals surface area contributed by atoms with Gasteiger partial charge in [0.1, 0.15) is 11.5 Å². The Labute approximate surface area is 101 Å². The molecule has 0 radical (unpaired) electrons. The first-order valence-corrected chi connectivity index (χ1v) is 6.00. The molecule has 0 aromatic heterocycles. The average molecular weight is 248 g/mol.